The maximum atomic E-state index is 11.3. The van der Waals surface area contributed by atoms with Crippen molar-refractivity contribution in [1.82, 2.24) is 9.55 Å². The topological polar surface area (TPSA) is 72.2 Å². The molecule has 0 aromatic carbocycles. The molecule has 1 unspecified atom stereocenters. The predicted octanol–water partition coefficient (Wildman–Crippen LogP) is 2.17. The van der Waals surface area contributed by atoms with Crippen LogP contribution >= 0.6 is 11.8 Å². The molecule has 0 radical (unpaired) electrons. The van der Waals surface area contributed by atoms with Crippen LogP contribution in [0.3, 0.4) is 0 Å². The highest BCUT2D eigenvalue weighted by Gasteiger charge is 2.32. The van der Waals surface area contributed by atoms with E-state index in [-0.39, 0.29) is 11.3 Å². The van der Waals surface area contributed by atoms with Crippen LogP contribution in [0.1, 0.15) is 39.2 Å². The molecule has 0 aliphatic heterocycles. The predicted molar refractivity (Wildman–Crippen MR) is 73.5 cm³/mol. The molecular weight excluding hydrogens is 264 g/mol. The number of carboxylic acid groups (broad SMARTS) is 1. The van der Waals surface area contributed by atoms with Crippen LogP contribution in [-0.2, 0) is 4.79 Å². The fourth-order valence-electron chi connectivity index (χ4n) is 2.54. The van der Waals surface area contributed by atoms with E-state index in [1.807, 2.05) is 4.57 Å². The van der Waals surface area contributed by atoms with Crippen LogP contribution < -0.4 is 5.56 Å². The molecule has 19 heavy (non-hydrogen) atoms. The summed E-state index contributed by atoms with van der Waals surface area (Å²) in [7, 11) is 0. The third-order valence-electron chi connectivity index (χ3n) is 3.47. The van der Waals surface area contributed by atoms with E-state index in [4.69, 9.17) is 5.11 Å². The standard InChI is InChI=1S/C13H18N2O3S/c1-13(2)5-3-9(7-13)15-6-4-10(16)14-12(15)19-8-11(17)18/h4,6,9H,3,5,7-8H2,1-2H3,(H,17,18). The summed E-state index contributed by atoms with van der Waals surface area (Å²) < 4.78 is 1.96. The molecule has 1 saturated carbocycles. The van der Waals surface area contributed by atoms with Crippen molar-refractivity contribution in [2.75, 3.05) is 5.75 Å². The minimum atomic E-state index is -0.901. The van der Waals surface area contributed by atoms with E-state index < -0.39 is 5.97 Å². The average Bonchev–Trinajstić information content (AvgIpc) is 2.67. The first-order valence-corrected chi connectivity index (χ1v) is 7.30. The fourth-order valence-corrected chi connectivity index (χ4v) is 3.31. The van der Waals surface area contributed by atoms with Crippen molar-refractivity contribution < 1.29 is 9.90 Å². The molecule has 2 rings (SSSR count). The summed E-state index contributed by atoms with van der Waals surface area (Å²) in [4.78, 5) is 25.9. The van der Waals surface area contributed by atoms with Gasteiger partial charge < -0.3 is 9.67 Å². The van der Waals surface area contributed by atoms with Gasteiger partial charge in [-0.15, -0.1) is 0 Å². The summed E-state index contributed by atoms with van der Waals surface area (Å²) in [5, 5.41) is 9.26. The van der Waals surface area contributed by atoms with Gasteiger partial charge in [-0.3, -0.25) is 9.59 Å². The van der Waals surface area contributed by atoms with Crippen LogP contribution in [0.15, 0.2) is 22.2 Å². The number of hydrogen-bond acceptors (Lipinski definition) is 4. The molecule has 1 N–H and O–H groups in total. The van der Waals surface area contributed by atoms with Gasteiger partial charge in [0.05, 0.1) is 5.75 Å². The quantitative estimate of drug-likeness (QED) is 0.677. The van der Waals surface area contributed by atoms with Gasteiger partial charge in [0.2, 0.25) is 0 Å². The smallest absolute Gasteiger partial charge is 0.313 e. The second kappa shape index (κ2) is 5.36. The number of carbonyl (C=O) groups is 1. The van der Waals surface area contributed by atoms with Gasteiger partial charge in [-0.2, -0.15) is 4.98 Å². The van der Waals surface area contributed by atoms with E-state index in [9.17, 15) is 9.59 Å². The Kier molecular flexibility index (Phi) is 3.99. The van der Waals surface area contributed by atoms with E-state index in [2.05, 4.69) is 18.8 Å². The van der Waals surface area contributed by atoms with Crippen LogP contribution in [0.25, 0.3) is 0 Å². The second-order valence-electron chi connectivity index (χ2n) is 5.70. The van der Waals surface area contributed by atoms with Gasteiger partial charge in [0.1, 0.15) is 0 Å². The van der Waals surface area contributed by atoms with Gasteiger partial charge >= 0.3 is 5.97 Å². The van der Waals surface area contributed by atoms with Crippen molar-refractivity contribution in [3.05, 3.63) is 22.6 Å². The zero-order valence-corrected chi connectivity index (χ0v) is 11.9. The fraction of sp³-hybridized carbons (Fsp3) is 0.615. The molecule has 5 nitrogen and oxygen atoms in total. The minimum absolute atomic E-state index is 0.0768. The highest BCUT2D eigenvalue weighted by Crippen LogP contribution is 2.44. The summed E-state index contributed by atoms with van der Waals surface area (Å²) in [6.45, 7) is 4.46. The lowest BCUT2D eigenvalue weighted by Gasteiger charge is -2.20. The van der Waals surface area contributed by atoms with Crippen molar-refractivity contribution in [1.29, 1.82) is 0 Å². The van der Waals surface area contributed by atoms with E-state index in [0.717, 1.165) is 31.0 Å². The van der Waals surface area contributed by atoms with Crippen molar-refractivity contribution in [2.45, 2.75) is 44.3 Å². The average molecular weight is 282 g/mol. The third kappa shape index (κ3) is 3.59. The Bertz CT molecular complexity index is 539. The molecule has 0 spiro atoms. The minimum Gasteiger partial charge on any atom is -0.481 e. The van der Waals surface area contributed by atoms with E-state index >= 15 is 0 Å². The molecule has 104 valence electrons. The maximum Gasteiger partial charge on any atom is 0.313 e. The van der Waals surface area contributed by atoms with Gasteiger partial charge in [0, 0.05) is 18.3 Å². The molecule has 0 bridgehead atoms. The molecule has 1 heterocycles. The Balaban J connectivity index is 2.24. The zero-order chi connectivity index (χ0) is 14.0. The van der Waals surface area contributed by atoms with Crippen LogP contribution in [0.4, 0.5) is 0 Å². The Hall–Kier alpha value is -1.30. The van der Waals surface area contributed by atoms with Gasteiger partial charge in [0.15, 0.2) is 5.16 Å². The summed E-state index contributed by atoms with van der Waals surface area (Å²) in [6, 6.07) is 1.75. The number of aromatic nitrogens is 2. The highest BCUT2D eigenvalue weighted by atomic mass is 32.2. The summed E-state index contributed by atoms with van der Waals surface area (Å²) in [5.74, 6) is -0.978. The molecule has 1 aromatic heterocycles. The third-order valence-corrected chi connectivity index (χ3v) is 4.42. The lowest BCUT2D eigenvalue weighted by molar-refractivity contribution is -0.133. The second-order valence-corrected chi connectivity index (χ2v) is 6.64. The molecule has 1 aliphatic carbocycles. The van der Waals surface area contributed by atoms with Gasteiger partial charge in [-0.05, 0) is 24.7 Å². The van der Waals surface area contributed by atoms with Gasteiger partial charge in [-0.1, -0.05) is 25.6 Å². The molecule has 0 amide bonds. The number of thioether (sulfide) groups is 1. The first kappa shape index (κ1) is 14.1. The molecule has 6 heteroatoms. The number of nitrogens with zero attached hydrogens (tertiary/aromatic N) is 2. The molecular formula is C13H18N2O3S. The van der Waals surface area contributed by atoms with Gasteiger partial charge in [0.25, 0.3) is 5.56 Å². The Labute approximate surface area is 116 Å². The molecule has 1 aromatic rings. The molecule has 1 aliphatic rings. The normalized spacial score (nSPS) is 21.5. The number of rotatable bonds is 4. The maximum absolute atomic E-state index is 11.3. The van der Waals surface area contributed by atoms with Crippen molar-refractivity contribution >= 4 is 17.7 Å². The van der Waals surface area contributed by atoms with Crippen LogP contribution in [0.2, 0.25) is 0 Å². The molecule has 0 saturated heterocycles. The molecule has 1 atom stereocenters. The molecule has 1 fully saturated rings. The lowest BCUT2D eigenvalue weighted by Crippen LogP contribution is -2.18. The van der Waals surface area contributed by atoms with E-state index in [1.165, 1.54) is 6.07 Å². The first-order valence-electron chi connectivity index (χ1n) is 6.31. The van der Waals surface area contributed by atoms with E-state index in [0.29, 0.717) is 16.6 Å². The number of hydrogen-bond donors (Lipinski definition) is 1. The van der Waals surface area contributed by atoms with Crippen molar-refractivity contribution in [3.8, 4) is 0 Å². The monoisotopic (exact) mass is 282 g/mol. The van der Waals surface area contributed by atoms with Crippen LogP contribution in [-0.4, -0.2) is 26.4 Å². The van der Waals surface area contributed by atoms with Gasteiger partial charge in [-0.25, -0.2) is 0 Å². The zero-order valence-electron chi connectivity index (χ0n) is 11.1. The van der Waals surface area contributed by atoms with Crippen molar-refractivity contribution in [3.63, 3.8) is 0 Å². The number of carboxylic acids is 1. The summed E-state index contributed by atoms with van der Waals surface area (Å²) in [5.41, 5.74) is -0.0240. The first-order chi connectivity index (χ1) is 8.87. The number of aliphatic carboxylic acids is 1. The highest BCUT2D eigenvalue weighted by molar-refractivity contribution is 7.99. The SMILES string of the molecule is CC1(C)CCC(n2ccc(=O)nc2SCC(=O)O)C1. The largest absolute Gasteiger partial charge is 0.481 e. The van der Waals surface area contributed by atoms with Crippen LogP contribution in [0.5, 0.6) is 0 Å². The Morgan fingerprint density at radius 1 is 1.63 bits per heavy atom. The van der Waals surface area contributed by atoms with E-state index in [1.54, 1.807) is 6.20 Å². The van der Waals surface area contributed by atoms with Crippen molar-refractivity contribution in [2.24, 2.45) is 5.41 Å². The summed E-state index contributed by atoms with van der Waals surface area (Å²) >= 11 is 1.11. The Morgan fingerprint density at radius 3 is 2.95 bits per heavy atom. The Morgan fingerprint density at radius 2 is 2.37 bits per heavy atom. The lowest BCUT2D eigenvalue weighted by atomic mass is 9.92. The van der Waals surface area contributed by atoms with Crippen LogP contribution in [0, 0.1) is 5.41 Å². The summed E-state index contributed by atoms with van der Waals surface area (Å²) in [6.07, 6.45) is 4.94.